The van der Waals surface area contributed by atoms with Crippen LogP contribution < -0.4 is 26.4 Å². The first kappa shape index (κ1) is 33.9. The lowest BCUT2D eigenvalue weighted by atomic mass is 9.84. The van der Waals surface area contributed by atoms with Gasteiger partial charge in [0, 0.05) is 52.7 Å². The molecule has 2 N–H and O–H groups in total. The van der Waals surface area contributed by atoms with Crippen molar-refractivity contribution in [3.63, 3.8) is 0 Å². The van der Waals surface area contributed by atoms with Crippen LogP contribution in [0.25, 0.3) is 0 Å². The summed E-state index contributed by atoms with van der Waals surface area (Å²) in [6.45, 7) is 9.72. The lowest BCUT2D eigenvalue weighted by molar-refractivity contribution is -0.121. The van der Waals surface area contributed by atoms with Crippen molar-refractivity contribution in [2.45, 2.75) is 121 Å². The maximum Gasteiger partial charge on any atom is 0.253 e. The molecule has 0 radical (unpaired) electrons. The Hall–Kier alpha value is -2.45. The van der Waals surface area contributed by atoms with Crippen molar-refractivity contribution in [3.05, 3.63) is 56.3 Å². The van der Waals surface area contributed by atoms with E-state index in [1.165, 1.54) is 50.5 Å². The maximum absolute atomic E-state index is 13.1. The van der Waals surface area contributed by atoms with Crippen LogP contribution in [0.15, 0.2) is 39.9 Å². The topological polar surface area (TPSA) is 87.7 Å². The summed E-state index contributed by atoms with van der Waals surface area (Å²) < 4.78 is 6.57. The van der Waals surface area contributed by atoms with Gasteiger partial charge in [-0.15, -0.1) is 0 Å². The molecular formula is C37H57N3O4Si. The number of carbonyl (C=O) groups excluding carboxylic acids is 1. The van der Waals surface area contributed by atoms with E-state index in [1.54, 1.807) is 0 Å². The molecule has 1 aliphatic heterocycles. The van der Waals surface area contributed by atoms with E-state index in [9.17, 15) is 14.4 Å². The molecule has 3 atom stereocenters. The van der Waals surface area contributed by atoms with E-state index in [1.807, 2.05) is 6.07 Å². The van der Waals surface area contributed by atoms with Gasteiger partial charge >= 0.3 is 0 Å². The lowest BCUT2D eigenvalue weighted by Gasteiger charge is -2.39. The van der Waals surface area contributed by atoms with Gasteiger partial charge in [0.1, 0.15) is 11.4 Å². The number of nitrogens with one attached hydrogen (secondary N) is 2. The summed E-state index contributed by atoms with van der Waals surface area (Å²) in [5.41, 5.74) is 1.40. The largest absolute Gasteiger partial charge is 0.375 e. The zero-order chi connectivity index (χ0) is 31.8. The van der Waals surface area contributed by atoms with Crippen LogP contribution in [0, 0.1) is 17.8 Å². The van der Waals surface area contributed by atoms with E-state index in [4.69, 9.17) is 4.74 Å². The van der Waals surface area contributed by atoms with E-state index in [-0.39, 0.29) is 29.4 Å². The number of hydrogen-bond donors (Lipinski definition) is 2. The van der Waals surface area contributed by atoms with Crippen molar-refractivity contribution < 1.29 is 9.53 Å². The molecule has 248 valence electrons. The third-order valence-corrected chi connectivity index (χ3v) is 12.2. The quantitative estimate of drug-likeness (QED) is 0.143. The van der Waals surface area contributed by atoms with Gasteiger partial charge < -0.3 is 20.3 Å². The van der Waals surface area contributed by atoms with Crippen LogP contribution in [0.2, 0.25) is 25.7 Å². The number of carbonyl (C=O) groups is 1. The van der Waals surface area contributed by atoms with Gasteiger partial charge in [-0.05, 0) is 49.5 Å². The zero-order valence-corrected chi connectivity index (χ0v) is 29.1. The number of anilines is 2. The second-order valence-electron chi connectivity index (χ2n) is 15.5. The fraction of sp³-hybridized carbons (Fsp3) is 0.703. The molecule has 1 heterocycles. The zero-order valence-electron chi connectivity index (χ0n) is 28.1. The van der Waals surface area contributed by atoms with Crippen LogP contribution in [-0.4, -0.2) is 46.3 Å². The fourth-order valence-corrected chi connectivity index (χ4v) is 8.76. The Bertz CT molecular complexity index is 1290. The van der Waals surface area contributed by atoms with Crippen LogP contribution >= 0.6 is 0 Å². The van der Waals surface area contributed by atoms with Crippen molar-refractivity contribution in [3.8, 4) is 0 Å². The third kappa shape index (κ3) is 10.0. The fourth-order valence-electron chi connectivity index (χ4n) is 7.52. The SMILES string of the molecule is C[Si](C)(C)CCCC(=O)NC[C@H](CC1CCCCC1)Nc1c(N2CCCC(C(OCCC3CC3)c3ccccc3)C2)c(=O)c1=O. The summed E-state index contributed by atoms with van der Waals surface area (Å²) in [4.78, 5) is 41.1. The van der Waals surface area contributed by atoms with Gasteiger partial charge in [0.2, 0.25) is 5.91 Å². The van der Waals surface area contributed by atoms with Gasteiger partial charge in [-0.1, -0.05) is 101 Å². The minimum Gasteiger partial charge on any atom is -0.375 e. The number of hydrogen-bond acceptors (Lipinski definition) is 6. The van der Waals surface area contributed by atoms with Gasteiger partial charge in [-0.3, -0.25) is 14.4 Å². The summed E-state index contributed by atoms with van der Waals surface area (Å²) in [6, 6.07) is 11.6. The number of nitrogens with zero attached hydrogens (tertiary/aromatic N) is 1. The van der Waals surface area contributed by atoms with Crippen LogP contribution in [0.4, 0.5) is 11.4 Å². The number of ether oxygens (including phenoxy) is 1. The summed E-state index contributed by atoms with van der Waals surface area (Å²) in [5.74, 6) is 1.72. The van der Waals surface area contributed by atoms with Gasteiger partial charge in [0.05, 0.1) is 6.10 Å². The third-order valence-electron chi connectivity index (χ3n) is 10.3. The highest BCUT2D eigenvalue weighted by Crippen LogP contribution is 2.38. The molecule has 2 saturated carbocycles. The van der Waals surface area contributed by atoms with Crippen LogP contribution in [0.5, 0.6) is 0 Å². The average Bonchev–Trinajstić information content (AvgIpc) is 3.86. The number of rotatable bonds is 17. The van der Waals surface area contributed by atoms with E-state index in [0.29, 0.717) is 36.8 Å². The van der Waals surface area contributed by atoms with Gasteiger partial charge in [0.25, 0.3) is 10.9 Å². The highest BCUT2D eigenvalue weighted by Gasteiger charge is 2.35. The molecule has 1 saturated heterocycles. The Morgan fingerprint density at radius 3 is 2.42 bits per heavy atom. The maximum atomic E-state index is 13.1. The molecule has 2 aliphatic carbocycles. The highest BCUT2D eigenvalue weighted by molar-refractivity contribution is 6.76. The molecule has 7 nitrogen and oxygen atoms in total. The number of benzene rings is 1. The van der Waals surface area contributed by atoms with Crippen LogP contribution in [-0.2, 0) is 9.53 Å². The molecule has 2 aromatic carbocycles. The predicted octanol–water partition coefficient (Wildman–Crippen LogP) is 7.04. The molecule has 8 heteroatoms. The number of piperidine rings is 1. The standard InChI is InChI=1S/C37H57N3O4Si/c1-45(2,3)23-11-17-32(41)38-25-31(24-28-12-6-4-7-13-28)39-33-34(36(43)35(33)42)40-21-10-16-30(26-40)37(29-14-8-5-9-15-29)44-22-20-27-18-19-27/h5,8-9,14-15,27-28,30-31,37,39H,4,6-7,10-13,16-26H2,1-3H3,(H,38,41)/t30?,31-,37?/m0/s1. The first-order chi connectivity index (χ1) is 21.7. The minimum atomic E-state index is -1.18. The first-order valence-electron chi connectivity index (χ1n) is 18.0. The van der Waals surface area contributed by atoms with E-state index >= 15 is 0 Å². The smallest absolute Gasteiger partial charge is 0.253 e. The molecule has 0 spiro atoms. The van der Waals surface area contributed by atoms with Gasteiger partial charge in [-0.25, -0.2) is 0 Å². The van der Waals surface area contributed by atoms with Crippen LogP contribution in [0.3, 0.4) is 0 Å². The van der Waals surface area contributed by atoms with E-state index < -0.39 is 13.5 Å². The van der Waals surface area contributed by atoms with Crippen molar-refractivity contribution in [2.24, 2.45) is 17.8 Å². The molecule has 3 aliphatic rings. The van der Waals surface area contributed by atoms with Crippen LogP contribution in [0.1, 0.15) is 95.1 Å². The highest BCUT2D eigenvalue weighted by atomic mass is 28.3. The normalized spacial score (nSPS) is 21.0. The molecule has 5 rings (SSSR count). The Morgan fingerprint density at radius 2 is 1.71 bits per heavy atom. The second-order valence-corrected chi connectivity index (χ2v) is 21.1. The first-order valence-corrected chi connectivity index (χ1v) is 21.7. The Morgan fingerprint density at radius 1 is 0.956 bits per heavy atom. The lowest BCUT2D eigenvalue weighted by Crippen LogP contribution is -2.49. The summed E-state index contributed by atoms with van der Waals surface area (Å²) >= 11 is 0. The van der Waals surface area contributed by atoms with Crippen molar-refractivity contribution in [1.82, 2.24) is 5.32 Å². The molecule has 2 unspecified atom stereocenters. The Labute approximate surface area is 271 Å². The average molecular weight is 636 g/mol. The van der Waals surface area contributed by atoms with Crippen molar-refractivity contribution in [1.29, 1.82) is 0 Å². The minimum absolute atomic E-state index is 0.0224. The molecule has 0 aromatic heterocycles. The molecular weight excluding hydrogens is 579 g/mol. The second kappa shape index (κ2) is 15.9. The summed E-state index contributed by atoms with van der Waals surface area (Å²) in [7, 11) is -1.18. The van der Waals surface area contributed by atoms with Crippen molar-refractivity contribution in [2.75, 3.05) is 36.5 Å². The predicted molar refractivity (Wildman–Crippen MR) is 188 cm³/mol. The Kier molecular flexibility index (Phi) is 12.0. The Balaban J connectivity index is 1.26. The molecule has 1 amide bonds. The summed E-state index contributed by atoms with van der Waals surface area (Å²) in [5, 5.41) is 6.69. The van der Waals surface area contributed by atoms with E-state index in [2.05, 4.69) is 59.4 Å². The van der Waals surface area contributed by atoms with Gasteiger partial charge in [0.15, 0.2) is 0 Å². The molecule has 45 heavy (non-hydrogen) atoms. The van der Waals surface area contributed by atoms with Crippen molar-refractivity contribution >= 4 is 25.4 Å². The van der Waals surface area contributed by atoms with Gasteiger partial charge in [-0.2, -0.15) is 0 Å². The molecule has 2 aromatic rings. The number of amides is 1. The van der Waals surface area contributed by atoms with E-state index in [0.717, 1.165) is 57.2 Å². The summed E-state index contributed by atoms with van der Waals surface area (Å²) in [6.07, 6.45) is 14.3. The molecule has 0 bridgehead atoms. The monoisotopic (exact) mass is 635 g/mol. The molecule has 3 fully saturated rings.